The van der Waals surface area contributed by atoms with Crippen LogP contribution >= 0.6 is 0 Å². The lowest BCUT2D eigenvalue weighted by Gasteiger charge is -2.32. The van der Waals surface area contributed by atoms with Crippen LogP contribution in [0.3, 0.4) is 0 Å². The van der Waals surface area contributed by atoms with Crippen LogP contribution in [0.2, 0.25) is 0 Å². The van der Waals surface area contributed by atoms with E-state index in [0.29, 0.717) is 0 Å². The predicted molar refractivity (Wildman–Crippen MR) is 88.3 cm³/mol. The van der Waals surface area contributed by atoms with Gasteiger partial charge >= 0.3 is 24.1 Å². The maximum absolute atomic E-state index is 12.0. The first-order valence-electron chi connectivity index (χ1n) is 8.00. The van der Waals surface area contributed by atoms with Crippen molar-refractivity contribution < 1.29 is 49.2 Å². The molecule has 3 atom stereocenters. The van der Waals surface area contributed by atoms with Crippen molar-refractivity contribution in [1.29, 1.82) is 0 Å². The Balaban J connectivity index is 1.91. The van der Waals surface area contributed by atoms with Crippen molar-refractivity contribution in [3.8, 4) is 0 Å². The van der Waals surface area contributed by atoms with Gasteiger partial charge < -0.3 is 52.3 Å². The van der Waals surface area contributed by atoms with Crippen LogP contribution in [0.15, 0.2) is 0 Å². The second-order valence-electron chi connectivity index (χ2n) is 5.98. The molecular weight excluding hydrogens is 416 g/mol. The minimum Gasteiger partial charge on any atom is -0.391 e. The number of aliphatic hydroxyl groups is 4. The monoisotopic (exact) mass is 434 g/mol. The van der Waals surface area contributed by atoms with Crippen molar-refractivity contribution in [2.75, 3.05) is 13.3 Å². The molecule has 18 nitrogen and oxygen atoms in total. The van der Waals surface area contributed by atoms with Gasteiger partial charge in [-0.15, -0.1) is 0 Å². The summed E-state index contributed by atoms with van der Waals surface area (Å²) in [5.41, 5.74) is -4.74. The van der Waals surface area contributed by atoms with Crippen LogP contribution in [0.25, 0.3) is 0 Å². The quantitative estimate of drug-likeness (QED) is 0.133. The van der Waals surface area contributed by atoms with Crippen molar-refractivity contribution in [3.63, 3.8) is 0 Å². The molecule has 2 saturated heterocycles. The van der Waals surface area contributed by atoms with Crippen molar-refractivity contribution in [1.82, 2.24) is 42.5 Å². The zero-order chi connectivity index (χ0) is 22.7. The number of carbonyl (C=O) groups excluding carboxylic acids is 6. The molecule has 0 spiro atoms. The van der Waals surface area contributed by atoms with Crippen LogP contribution in [0.5, 0.6) is 0 Å². The molecule has 0 aromatic carbocycles. The van der Waals surface area contributed by atoms with Crippen molar-refractivity contribution >= 4 is 35.9 Å². The number of hydrogen-bond donors (Lipinski definition) is 12. The van der Waals surface area contributed by atoms with Crippen LogP contribution in [0.4, 0.5) is 19.2 Å². The lowest BCUT2D eigenvalue weighted by Crippen LogP contribution is -2.71. The minimum atomic E-state index is -2.62. The maximum atomic E-state index is 12.0. The van der Waals surface area contributed by atoms with E-state index in [0.717, 1.165) is 0 Å². The molecule has 12 N–H and O–H groups in total. The molecule has 0 aromatic heterocycles. The van der Waals surface area contributed by atoms with E-state index < -0.39 is 72.9 Å². The second-order valence-corrected chi connectivity index (χ2v) is 5.98. The summed E-state index contributed by atoms with van der Waals surface area (Å²) in [7, 11) is 0. The molecule has 2 fully saturated rings. The van der Waals surface area contributed by atoms with Gasteiger partial charge in [0.05, 0.1) is 13.3 Å². The van der Waals surface area contributed by atoms with Gasteiger partial charge in [-0.25, -0.2) is 19.2 Å². The number of nitrogens with one attached hydrogen (secondary N) is 8. The number of amides is 10. The molecule has 30 heavy (non-hydrogen) atoms. The molecule has 2 rings (SSSR count). The van der Waals surface area contributed by atoms with E-state index >= 15 is 0 Å². The van der Waals surface area contributed by atoms with Gasteiger partial charge in [-0.3, -0.25) is 20.2 Å². The van der Waals surface area contributed by atoms with Crippen molar-refractivity contribution in [2.45, 2.75) is 23.7 Å². The Labute approximate surface area is 165 Å². The van der Waals surface area contributed by atoms with E-state index in [1.54, 1.807) is 10.6 Å². The highest BCUT2D eigenvalue weighted by Crippen LogP contribution is 2.15. The molecule has 10 amide bonds. The van der Waals surface area contributed by atoms with E-state index in [4.69, 9.17) is 10.2 Å². The first-order chi connectivity index (χ1) is 14.0. The number of hydrogen-bond acceptors (Lipinski definition) is 10. The topological polar surface area (TPSA) is 280 Å². The van der Waals surface area contributed by atoms with Crippen LogP contribution in [-0.4, -0.2) is 93.4 Å². The van der Waals surface area contributed by atoms with Gasteiger partial charge in [0.25, 0.3) is 11.8 Å². The molecular formula is C12H18N8O10. The van der Waals surface area contributed by atoms with Crippen LogP contribution in [0, 0.1) is 0 Å². The SMILES string of the molecule is O=C(NCNC(=O)NC1(C(O)C(O)O)NC(=O)NC1=O)NC1(CO)NC(=O)NC1=O. The summed E-state index contributed by atoms with van der Waals surface area (Å²) >= 11 is 0. The Hall–Kier alpha value is -3.74. The Morgan fingerprint density at radius 3 is 1.83 bits per heavy atom. The number of rotatable bonds is 7. The molecule has 3 unspecified atom stereocenters. The molecule has 2 aliphatic heterocycles. The van der Waals surface area contributed by atoms with E-state index in [-0.39, 0.29) is 0 Å². The molecule has 2 aliphatic rings. The summed E-state index contributed by atoms with van der Waals surface area (Å²) in [6.07, 6.45) is -4.89. The molecule has 0 saturated carbocycles. The van der Waals surface area contributed by atoms with Gasteiger partial charge in [0.15, 0.2) is 12.4 Å². The third kappa shape index (κ3) is 4.30. The molecule has 0 radical (unpaired) electrons. The molecule has 2 heterocycles. The average Bonchev–Trinajstić information content (AvgIpc) is 3.09. The Kier molecular flexibility index (Phi) is 6.26. The number of aliphatic hydroxyl groups excluding tert-OH is 3. The fraction of sp³-hybridized carbons (Fsp3) is 0.500. The zero-order valence-corrected chi connectivity index (χ0v) is 14.8. The Morgan fingerprint density at radius 2 is 1.40 bits per heavy atom. The summed E-state index contributed by atoms with van der Waals surface area (Å²) in [5, 5.41) is 52.4. The fourth-order valence-corrected chi connectivity index (χ4v) is 2.46. The number of carbonyl (C=O) groups is 6. The minimum absolute atomic E-state index is 0.655. The molecule has 0 bridgehead atoms. The van der Waals surface area contributed by atoms with Gasteiger partial charge in [-0.05, 0) is 0 Å². The first-order valence-corrected chi connectivity index (χ1v) is 8.00. The lowest BCUT2D eigenvalue weighted by atomic mass is 10.0. The molecule has 0 aromatic rings. The third-order valence-corrected chi connectivity index (χ3v) is 3.94. The zero-order valence-electron chi connectivity index (χ0n) is 14.8. The second kappa shape index (κ2) is 8.32. The van der Waals surface area contributed by atoms with Crippen LogP contribution in [-0.2, 0) is 9.59 Å². The Bertz CT molecular complexity index is 789. The summed E-state index contributed by atoms with van der Waals surface area (Å²) in [5.74, 6) is -2.32. The van der Waals surface area contributed by atoms with E-state index in [2.05, 4.69) is 0 Å². The average molecular weight is 434 g/mol. The predicted octanol–water partition coefficient (Wildman–Crippen LogP) is -6.72. The summed E-state index contributed by atoms with van der Waals surface area (Å²) in [4.78, 5) is 69.8. The summed E-state index contributed by atoms with van der Waals surface area (Å²) < 4.78 is 0. The fourth-order valence-electron chi connectivity index (χ4n) is 2.46. The molecule has 0 aliphatic carbocycles. The number of urea groups is 4. The highest BCUT2D eigenvalue weighted by molar-refractivity contribution is 6.09. The van der Waals surface area contributed by atoms with Gasteiger partial charge in [0.1, 0.15) is 0 Å². The third-order valence-electron chi connectivity index (χ3n) is 3.94. The van der Waals surface area contributed by atoms with Gasteiger partial charge in [0, 0.05) is 0 Å². The standard InChI is InChI=1S/C12H18N8O10/c21-1-11(5(25)15-9(29)18-11)17-7(27)13-2-14-8(28)19-12(3(22)4(23)24)6(26)16-10(30)20-12/h3-4,21-24H,1-2H2,(H2,13,17,27)(H2,14,19,28)(H2,15,18,25,29)(H2,16,20,26,30). The lowest BCUT2D eigenvalue weighted by molar-refractivity contribution is -0.163. The highest BCUT2D eigenvalue weighted by atomic mass is 16.5. The highest BCUT2D eigenvalue weighted by Gasteiger charge is 2.55. The first kappa shape index (κ1) is 22.5. The van der Waals surface area contributed by atoms with Gasteiger partial charge in [-0.1, -0.05) is 0 Å². The summed E-state index contributed by atoms with van der Waals surface area (Å²) in [6, 6.07) is -4.47. The normalized spacial score (nSPS) is 26.3. The Morgan fingerprint density at radius 1 is 0.867 bits per heavy atom. The maximum Gasteiger partial charge on any atom is 0.323 e. The molecule has 166 valence electrons. The summed E-state index contributed by atoms with van der Waals surface area (Å²) in [6.45, 7) is -1.64. The van der Waals surface area contributed by atoms with Crippen LogP contribution < -0.4 is 42.5 Å². The molecule has 18 heteroatoms. The van der Waals surface area contributed by atoms with E-state index in [9.17, 15) is 39.0 Å². The van der Waals surface area contributed by atoms with E-state index in [1.807, 2.05) is 31.9 Å². The largest absolute Gasteiger partial charge is 0.391 e. The van der Waals surface area contributed by atoms with Gasteiger partial charge in [0.2, 0.25) is 11.3 Å². The smallest absolute Gasteiger partial charge is 0.323 e. The van der Waals surface area contributed by atoms with Crippen molar-refractivity contribution in [3.05, 3.63) is 0 Å². The van der Waals surface area contributed by atoms with Crippen molar-refractivity contribution in [2.24, 2.45) is 0 Å². The van der Waals surface area contributed by atoms with Crippen LogP contribution in [0.1, 0.15) is 0 Å². The van der Waals surface area contributed by atoms with Gasteiger partial charge in [-0.2, -0.15) is 0 Å². The number of imide groups is 2. The van der Waals surface area contributed by atoms with E-state index in [1.165, 1.54) is 0 Å².